The predicted molar refractivity (Wildman–Crippen MR) is 84.9 cm³/mol. The molecule has 0 bridgehead atoms. The minimum Gasteiger partial charge on any atom is -0.389 e. The topological polar surface area (TPSA) is 89.5 Å². The highest BCUT2D eigenvalue weighted by Gasteiger charge is 2.23. The van der Waals surface area contributed by atoms with Crippen molar-refractivity contribution in [2.75, 3.05) is 37.6 Å². The highest BCUT2D eigenvalue weighted by atomic mass is 16.3. The molecule has 1 aliphatic heterocycles. The first kappa shape index (κ1) is 15.7. The number of β-amino-alcohol motifs (C(OH)–C–C–N with tert-alkyl or cyclic N) is 1. The van der Waals surface area contributed by atoms with Gasteiger partial charge >= 0.3 is 0 Å². The molecular weight excluding hydrogens is 266 g/mol. The van der Waals surface area contributed by atoms with Crippen molar-refractivity contribution in [1.82, 2.24) is 9.88 Å². The van der Waals surface area contributed by atoms with Crippen molar-refractivity contribution < 1.29 is 5.11 Å². The van der Waals surface area contributed by atoms with Gasteiger partial charge in [0.05, 0.1) is 5.60 Å². The maximum Gasteiger partial charge on any atom is 0.129 e. The molecule has 1 aromatic heterocycles. The number of nitrogens with two attached hydrogens (primary N) is 1. The molecule has 1 aliphatic rings. The van der Waals surface area contributed by atoms with Crippen molar-refractivity contribution in [3.8, 4) is 0 Å². The first-order chi connectivity index (χ1) is 9.74. The van der Waals surface area contributed by atoms with Crippen LogP contribution in [0.25, 0.3) is 0 Å². The molecule has 0 radical (unpaired) electrons. The second-order valence-corrected chi connectivity index (χ2v) is 6.34. The summed E-state index contributed by atoms with van der Waals surface area (Å²) in [5.74, 6) is 0.950. The van der Waals surface area contributed by atoms with E-state index in [1.807, 2.05) is 32.9 Å². The van der Waals surface area contributed by atoms with Gasteiger partial charge in [-0.25, -0.2) is 4.98 Å². The molecular formula is C15H25N5O. The molecule has 0 aromatic carbocycles. The standard InChI is InChI=1S/C15H25N5O/c1-11-8-12(14(16)17)9-13(18-11)20-6-4-19(5-7-20)10-15(2,3)21/h8-9,21H,4-7,10H2,1-3H3,(H3,16,17). The van der Waals surface area contributed by atoms with Crippen LogP contribution in [-0.4, -0.2) is 59.2 Å². The minimum absolute atomic E-state index is 0.0717. The number of hydrogen-bond acceptors (Lipinski definition) is 5. The van der Waals surface area contributed by atoms with Crippen molar-refractivity contribution in [2.45, 2.75) is 26.4 Å². The molecule has 0 spiro atoms. The molecule has 4 N–H and O–H groups in total. The highest BCUT2D eigenvalue weighted by molar-refractivity contribution is 5.95. The molecule has 116 valence electrons. The fourth-order valence-corrected chi connectivity index (χ4v) is 2.65. The Morgan fingerprint density at radius 1 is 1.33 bits per heavy atom. The lowest BCUT2D eigenvalue weighted by molar-refractivity contribution is 0.0344. The van der Waals surface area contributed by atoms with E-state index in [9.17, 15) is 5.11 Å². The van der Waals surface area contributed by atoms with Gasteiger partial charge in [0.2, 0.25) is 0 Å². The summed E-state index contributed by atoms with van der Waals surface area (Å²) >= 11 is 0. The molecule has 1 saturated heterocycles. The lowest BCUT2D eigenvalue weighted by Gasteiger charge is -2.38. The molecule has 0 amide bonds. The number of amidine groups is 1. The zero-order chi connectivity index (χ0) is 15.6. The van der Waals surface area contributed by atoms with Gasteiger partial charge in [0, 0.05) is 44.0 Å². The maximum absolute atomic E-state index is 9.88. The Morgan fingerprint density at radius 3 is 2.48 bits per heavy atom. The summed E-state index contributed by atoms with van der Waals surface area (Å²) in [6.45, 7) is 9.79. The average molecular weight is 291 g/mol. The maximum atomic E-state index is 9.88. The van der Waals surface area contributed by atoms with E-state index >= 15 is 0 Å². The van der Waals surface area contributed by atoms with E-state index in [1.54, 1.807) is 0 Å². The Hall–Kier alpha value is -1.66. The van der Waals surface area contributed by atoms with Gasteiger partial charge < -0.3 is 15.7 Å². The molecule has 21 heavy (non-hydrogen) atoms. The first-order valence-corrected chi connectivity index (χ1v) is 7.27. The fraction of sp³-hybridized carbons (Fsp3) is 0.600. The summed E-state index contributed by atoms with van der Waals surface area (Å²) in [5.41, 5.74) is 6.50. The van der Waals surface area contributed by atoms with Crippen molar-refractivity contribution in [2.24, 2.45) is 5.73 Å². The number of anilines is 1. The molecule has 0 saturated carbocycles. The van der Waals surface area contributed by atoms with Crippen molar-refractivity contribution in [3.63, 3.8) is 0 Å². The Balaban J connectivity index is 2.04. The van der Waals surface area contributed by atoms with Crippen LogP contribution in [0.4, 0.5) is 5.82 Å². The van der Waals surface area contributed by atoms with E-state index in [1.165, 1.54) is 0 Å². The molecule has 0 unspecified atom stereocenters. The van der Waals surface area contributed by atoms with Gasteiger partial charge in [-0.05, 0) is 32.9 Å². The van der Waals surface area contributed by atoms with Crippen LogP contribution in [-0.2, 0) is 0 Å². The van der Waals surface area contributed by atoms with E-state index in [4.69, 9.17) is 11.1 Å². The van der Waals surface area contributed by atoms with Crippen molar-refractivity contribution >= 4 is 11.7 Å². The van der Waals surface area contributed by atoms with Gasteiger partial charge in [-0.3, -0.25) is 10.3 Å². The summed E-state index contributed by atoms with van der Waals surface area (Å²) < 4.78 is 0. The van der Waals surface area contributed by atoms with Crippen LogP contribution in [0.15, 0.2) is 12.1 Å². The number of nitrogen functional groups attached to an aromatic ring is 1. The fourth-order valence-electron chi connectivity index (χ4n) is 2.65. The third kappa shape index (κ3) is 4.41. The van der Waals surface area contributed by atoms with Crippen molar-refractivity contribution in [3.05, 3.63) is 23.4 Å². The predicted octanol–water partition coefficient (Wildman–Crippen LogP) is 0.567. The van der Waals surface area contributed by atoms with E-state index < -0.39 is 5.60 Å². The van der Waals surface area contributed by atoms with Gasteiger partial charge in [0.25, 0.3) is 0 Å². The van der Waals surface area contributed by atoms with Gasteiger partial charge in [0.15, 0.2) is 0 Å². The number of rotatable bonds is 4. The number of nitrogens with zero attached hydrogens (tertiary/aromatic N) is 3. The van der Waals surface area contributed by atoms with Crippen LogP contribution < -0.4 is 10.6 Å². The highest BCUT2D eigenvalue weighted by Crippen LogP contribution is 2.17. The zero-order valence-corrected chi connectivity index (χ0v) is 13.1. The largest absolute Gasteiger partial charge is 0.389 e. The monoisotopic (exact) mass is 291 g/mol. The van der Waals surface area contributed by atoms with Crippen LogP contribution in [0.5, 0.6) is 0 Å². The summed E-state index contributed by atoms with van der Waals surface area (Å²) in [6.07, 6.45) is 0. The van der Waals surface area contributed by atoms with Gasteiger partial charge in [-0.1, -0.05) is 0 Å². The van der Waals surface area contributed by atoms with E-state index in [0.29, 0.717) is 6.54 Å². The number of hydrogen-bond donors (Lipinski definition) is 3. The van der Waals surface area contributed by atoms with E-state index in [-0.39, 0.29) is 5.84 Å². The summed E-state index contributed by atoms with van der Waals surface area (Å²) in [5, 5.41) is 17.5. The normalized spacial score (nSPS) is 17.0. The molecule has 1 fully saturated rings. The molecule has 0 atom stereocenters. The Morgan fingerprint density at radius 2 is 1.95 bits per heavy atom. The molecule has 6 heteroatoms. The zero-order valence-electron chi connectivity index (χ0n) is 13.1. The SMILES string of the molecule is Cc1cc(C(=N)N)cc(N2CCN(CC(C)(C)O)CC2)n1. The third-order valence-corrected chi connectivity index (χ3v) is 3.56. The number of aliphatic hydroxyl groups is 1. The number of pyridine rings is 1. The van der Waals surface area contributed by atoms with Gasteiger partial charge in [-0.2, -0.15) is 0 Å². The molecule has 2 heterocycles. The molecule has 1 aromatic rings. The van der Waals surface area contributed by atoms with Gasteiger partial charge in [-0.15, -0.1) is 0 Å². The van der Waals surface area contributed by atoms with Gasteiger partial charge in [0.1, 0.15) is 11.7 Å². The van der Waals surface area contributed by atoms with Crippen LogP contribution in [0.2, 0.25) is 0 Å². The number of piperazine rings is 1. The lowest BCUT2D eigenvalue weighted by Crippen LogP contribution is -2.50. The van der Waals surface area contributed by atoms with Crippen LogP contribution in [0, 0.1) is 12.3 Å². The van der Waals surface area contributed by atoms with Crippen LogP contribution in [0.1, 0.15) is 25.1 Å². The number of nitrogens with one attached hydrogen (secondary N) is 1. The Labute approximate surface area is 126 Å². The lowest BCUT2D eigenvalue weighted by atomic mass is 10.1. The van der Waals surface area contributed by atoms with E-state index in [2.05, 4.69) is 14.8 Å². The summed E-state index contributed by atoms with van der Waals surface area (Å²) in [6, 6.07) is 3.71. The number of aromatic nitrogens is 1. The summed E-state index contributed by atoms with van der Waals surface area (Å²) in [7, 11) is 0. The Bertz CT molecular complexity index is 515. The quantitative estimate of drug-likeness (QED) is 0.557. The molecule has 2 rings (SSSR count). The minimum atomic E-state index is -0.661. The average Bonchev–Trinajstić information content (AvgIpc) is 2.37. The second-order valence-electron chi connectivity index (χ2n) is 6.34. The summed E-state index contributed by atoms with van der Waals surface area (Å²) in [4.78, 5) is 9.02. The molecule has 6 nitrogen and oxygen atoms in total. The number of aryl methyl sites for hydroxylation is 1. The van der Waals surface area contributed by atoms with Crippen LogP contribution >= 0.6 is 0 Å². The smallest absolute Gasteiger partial charge is 0.129 e. The van der Waals surface area contributed by atoms with E-state index in [0.717, 1.165) is 43.3 Å². The Kier molecular flexibility index (Phi) is 4.49. The van der Waals surface area contributed by atoms with Crippen LogP contribution in [0.3, 0.4) is 0 Å². The third-order valence-electron chi connectivity index (χ3n) is 3.56. The van der Waals surface area contributed by atoms with Crippen molar-refractivity contribution in [1.29, 1.82) is 5.41 Å². The molecule has 0 aliphatic carbocycles. The first-order valence-electron chi connectivity index (χ1n) is 7.27. The second kappa shape index (κ2) is 5.99.